The first kappa shape index (κ1) is 19.5. The molecule has 22 heavy (non-hydrogen) atoms. The van der Waals surface area contributed by atoms with E-state index in [2.05, 4.69) is 27.8 Å². The summed E-state index contributed by atoms with van der Waals surface area (Å²) in [5.41, 5.74) is 1.59. The standard InChI is InChI=1S/C16H24ClN3O.HI/c1-3-21-11-10-19-15(18-2)20-12-16(8-9-16)13-4-6-14(17)7-5-13;/h4-7H,3,8-12H2,1-2H3,(H2,18,19,20);1H. The van der Waals surface area contributed by atoms with Crippen LogP contribution in [0.4, 0.5) is 0 Å². The molecule has 0 radical (unpaired) electrons. The quantitative estimate of drug-likeness (QED) is 0.298. The molecule has 0 unspecified atom stereocenters. The third-order valence-corrected chi connectivity index (χ3v) is 4.12. The third kappa shape index (κ3) is 5.59. The number of halogens is 2. The van der Waals surface area contributed by atoms with Crippen LogP contribution in [0.5, 0.6) is 0 Å². The van der Waals surface area contributed by atoms with Crippen molar-refractivity contribution in [3.05, 3.63) is 34.9 Å². The van der Waals surface area contributed by atoms with E-state index < -0.39 is 0 Å². The van der Waals surface area contributed by atoms with E-state index in [1.165, 1.54) is 18.4 Å². The maximum absolute atomic E-state index is 5.96. The molecule has 1 fully saturated rings. The van der Waals surface area contributed by atoms with Crippen molar-refractivity contribution in [2.75, 3.05) is 33.4 Å². The Balaban J connectivity index is 0.00000242. The summed E-state index contributed by atoms with van der Waals surface area (Å²) >= 11 is 5.96. The Labute approximate surface area is 155 Å². The number of hydrogen-bond donors (Lipinski definition) is 2. The Hall–Kier alpha value is -0.530. The number of ether oxygens (including phenoxy) is 1. The summed E-state index contributed by atoms with van der Waals surface area (Å²) in [6.07, 6.45) is 2.41. The van der Waals surface area contributed by atoms with Gasteiger partial charge in [-0.15, -0.1) is 24.0 Å². The molecule has 1 aromatic rings. The van der Waals surface area contributed by atoms with Crippen LogP contribution in [0.25, 0.3) is 0 Å². The van der Waals surface area contributed by atoms with Gasteiger partial charge in [-0.1, -0.05) is 23.7 Å². The molecule has 124 valence electrons. The van der Waals surface area contributed by atoms with Gasteiger partial charge in [0.15, 0.2) is 5.96 Å². The minimum absolute atomic E-state index is 0. The van der Waals surface area contributed by atoms with Crippen LogP contribution in [0.15, 0.2) is 29.3 Å². The molecule has 2 N–H and O–H groups in total. The average molecular weight is 438 g/mol. The lowest BCUT2D eigenvalue weighted by Crippen LogP contribution is -2.42. The fraction of sp³-hybridized carbons (Fsp3) is 0.562. The molecule has 1 saturated carbocycles. The largest absolute Gasteiger partial charge is 0.380 e. The van der Waals surface area contributed by atoms with Gasteiger partial charge in [-0.3, -0.25) is 4.99 Å². The number of aliphatic imine (C=N–C) groups is 1. The molecule has 0 spiro atoms. The van der Waals surface area contributed by atoms with Gasteiger partial charge < -0.3 is 15.4 Å². The predicted octanol–water partition coefficient (Wildman–Crippen LogP) is 3.19. The van der Waals surface area contributed by atoms with Gasteiger partial charge >= 0.3 is 0 Å². The van der Waals surface area contributed by atoms with Crippen LogP contribution in [-0.4, -0.2) is 39.3 Å². The van der Waals surface area contributed by atoms with Gasteiger partial charge in [0, 0.05) is 37.2 Å². The molecule has 0 saturated heterocycles. The maximum atomic E-state index is 5.96. The van der Waals surface area contributed by atoms with Crippen LogP contribution < -0.4 is 10.6 Å². The van der Waals surface area contributed by atoms with Crippen molar-refractivity contribution in [2.45, 2.75) is 25.2 Å². The predicted molar refractivity (Wildman–Crippen MR) is 104 cm³/mol. The molecule has 0 heterocycles. The van der Waals surface area contributed by atoms with E-state index in [-0.39, 0.29) is 29.4 Å². The summed E-state index contributed by atoms with van der Waals surface area (Å²) in [5.74, 6) is 0.829. The molecular formula is C16H25ClIN3O. The molecule has 0 amide bonds. The van der Waals surface area contributed by atoms with Crippen LogP contribution in [0, 0.1) is 0 Å². The van der Waals surface area contributed by atoms with Gasteiger partial charge in [0.2, 0.25) is 0 Å². The van der Waals surface area contributed by atoms with E-state index in [9.17, 15) is 0 Å². The Kier molecular flexibility index (Phi) is 8.49. The topological polar surface area (TPSA) is 45.6 Å². The van der Waals surface area contributed by atoms with Crippen LogP contribution >= 0.6 is 35.6 Å². The Bertz CT molecular complexity index is 475. The summed E-state index contributed by atoms with van der Waals surface area (Å²) in [7, 11) is 1.79. The van der Waals surface area contributed by atoms with Crippen molar-refractivity contribution in [1.82, 2.24) is 10.6 Å². The van der Waals surface area contributed by atoms with Gasteiger partial charge in [-0.2, -0.15) is 0 Å². The number of nitrogens with one attached hydrogen (secondary N) is 2. The minimum atomic E-state index is 0. The normalized spacial score (nSPS) is 15.9. The highest BCUT2D eigenvalue weighted by molar-refractivity contribution is 14.0. The lowest BCUT2D eigenvalue weighted by Gasteiger charge is -2.19. The fourth-order valence-corrected chi connectivity index (χ4v) is 2.51. The summed E-state index contributed by atoms with van der Waals surface area (Å²) < 4.78 is 5.31. The monoisotopic (exact) mass is 437 g/mol. The highest BCUT2D eigenvalue weighted by Gasteiger charge is 2.44. The van der Waals surface area contributed by atoms with Crippen LogP contribution in [0.3, 0.4) is 0 Å². The van der Waals surface area contributed by atoms with Crippen LogP contribution in [0.1, 0.15) is 25.3 Å². The van der Waals surface area contributed by atoms with E-state index in [1.807, 2.05) is 19.1 Å². The smallest absolute Gasteiger partial charge is 0.191 e. The zero-order chi connectivity index (χ0) is 15.1. The average Bonchev–Trinajstić information content (AvgIpc) is 3.28. The molecule has 0 atom stereocenters. The molecular weight excluding hydrogens is 413 g/mol. The molecule has 0 bridgehead atoms. The minimum Gasteiger partial charge on any atom is -0.380 e. The number of guanidine groups is 1. The number of rotatable bonds is 7. The SMILES string of the molecule is CCOCCNC(=NC)NCC1(c2ccc(Cl)cc2)CC1.I. The van der Waals surface area contributed by atoms with E-state index in [4.69, 9.17) is 16.3 Å². The lowest BCUT2D eigenvalue weighted by atomic mass is 9.96. The second-order valence-electron chi connectivity index (χ2n) is 5.34. The summed E-state index contributed by atoms with van der Waals surface area (Å²) in [4.78, 5) is 4.24. The Morgan fingerprint density at radius 2 is 1.95 bits per heavy atom. The Morgan fingerprint density at radius 1 is 1.27 bits per heavy atom. The molecule has 1 aliphatic carbocycles. The van der Waals surface area contributed by atoms with Crippen LogP contribution in [0.2, 0.25) is 5.02 Å². The van der Waals surface area contributed by atoms with Crippen molar-refractivity contribution in [3.63, 3.8) is 0 Å². The summed E-state index contributed by atoms with van der Waals surface area (Å²) in [6.45, 7) is 5.09. The molecule has 2 rings (SSSR count). The number of hydrogen-bond acceptors (Lipinski definition) is 2. The molecule has 0 aliphatic heterocycles. The highest BCUT2D eigenvalue weighted by Crippen LogP contribution is 2.47. The molecule has 4 nitrogen and oxygen atoms in total. The van der Waals surface area contributed by atoms with Crippen molar-refractivity contribution in [1.29, 1.82) is 0 Å². The highest BCUT2D eigenvalue weighted by atomic mass is 127. The first-order chi connectivity index (χ1) is 10.2. The zero-order valence-electron chi connectivity index (χ0n) is 13.2. The van der Waals surface area contributed by atoms with Crippen LogP contribution in [-0.2, 0) is 10.2 Å². The van der Waals surface area contributed by atoms with Gasteiger partial charge in [0.05, 0.1) is 6.61 Å². The van der Waals surface area contributed by atoms with Gasteiger partial charge in [0.25, 0.3) is 0 Å². The second-order valence-corrected chi connectivity index (χ2v) is 5.77. The first-order valence-electron chi connectivity index (χ1n) is 7.48. The zero-order valence-corrected chi connectivity index (χ0v) is 16.3. The van der Waals surface area contributed by atoms with Crippen molar-refractivity contribution >= 4 is 41.5 Å². The molecule has 6 heteroatoms. The molecule has 0 aromatic heterocycles. The maximum Gasteiger partial charge on any atom is 0.191 e. The van der Waals surface area contributed by atoms with Crippen molar-refractivity contribution < 1.29 is 4.74 Å². The second kappa shape index (κ2) is 9.57. The van der Waals surface area contributed by atoms with E-state index in [0.29, 0.717) is 6.61 Å². The van der Waals surface area contributed by atoms with Gasteiger partial charge in [0.1, 0.15) is 0 Å². The lowest BCUT2D eigenvalue weighted by molar-refractivity contribution is 0.152. The Morgan fingerprint density at radius 3 is 2.50 bits per heavy atom. The number of benzene rings is 1. The number of nitrogens with zero attached hydrogens (tertiary/aromatic N) is 1. The van der Waals surface area contributed by atoms with Gasteiger partial charge in [-0.25, -0.2) is 0 Å². The van der Waals surface area contributed by atoms with E-state index in [1.54, 1.807) is 7.05 Å². The van der Waals surface area contributed by atoms with Crippen molar-refractivity contribution in [2.24, 2.45) is 4.99 Å². The van der Waals surface area contributed by atoms with E-state index in [0.717, 1.165) is 30.7 Å². The van der Waals surface area contributed by atoms with Gasteiger partial charge in [-0.05, 0) is 37.5 Å². The molecule has 1 aliphatic rings. The third-order valence-electron chi connectivity index (χ3n) is 3.87. The summed E-state index contributed by atoms with van der Waals surface area (Å²) in [6, 6.07) is 8.18. The summed E-state index contributed by atoms with van der Waals surface area (Å²) in [5, 5.41) is 7.46. The molecule has 1 aromatic carbocycles. The fourth-order valence-electron chi connectivity index (χ4n) is 2.38. The van der Waals surface area contributed by atoms with E-state index >= 15 is 0 Å². The van der Waals surface area contributed by atoms with Crippen molar-refractivity contribution in [3.8, 4) is 0 Å². The first-order valence-corrected chi connectivity index (χ1v) is 7.86.